The summed E-state index contributed by atoms with van der Waals surface area (Å²) in [6.07, 6.45) is 4.45. The molecule has 0 amide bonds. The third-order valence-corrected chi connectivity index (χ3v) is 4.59. The van der Waals surface area contributed by atoms with Crippen molar-refractivity contribution in [1.29, 1.82) is 0 Å². The van der Waals surface area contributed by atoms with Gasteiger partial charge in [-0.2, -0.15) is 0 Å². The number of aromatic nitrogens is 1. The van der Waals surface area contributed by atoms with Gasteiger partial charge in [-0.15, -0.1) is 11.6 Å². The average Bonchev–Trinajstić information content (AvgIpc) is 2.34. The number of benzene rings is 1. The van der Waals surface area contributed by atoms with Gasteiger partial charge in [-0.05, 0) is 64.8 Å². The number of rotatable bonds is 3. The lowest BCUT2D eigenvalue weighted by molar-refractivity contribution is 0.908. The number of pyridine rings is 1. The van der Waals surface area contributed by atoms with Crippen molar-refractivity contribution in [2.24, 2.45) is 0 Å². The lowest BCUT2D eigenvalue weighted by Gasteiger charge is -2.13. The van der Waals surface area contributed by atoms with E-state index >= 15 is 0 Å². The molecule has 0 aliphatic heterocycles. The van der Waals surface area contributed by atoms with Gasteiger partial charge in [-0.3, -0.25) is 4.98 Å². The first-order valence-corrected chi connectivity index (χ1v) is 6.98. The van der Waals surface area contributed by atoms with Gasteiger partial charge in [-0.25, -0.2) is 0 Å². The zero-order valence-electron chi connectivity index (χ0n) is 9.53. The Labute approximate surface area is 120 Å². The summed E-state index contributed by atoms with van der Waals surface area (Å²) in [6.45, 7) is 2.11. The second kappa shape index (κ2) is 5.83. The Kier molecular flexibility index (Phi) is 4.40. The summed E-state index contributed by atoms with van der Waals surface area (Å²) in [5.41, 5.74) is 3.71. The zero-order valence-corrected chi connectivity index (χ0v) is 12.4. The summed E-state index contributed by atoms with van der Waals surface area (Å²) in [4.78, 5) is 4.01. The summed E-state index contributed by atoms with van der Waals surface area (Å²) in [6, 6.07) is 10.3. The number of hydrogen-bond acceptors (Lipinski definition) is 1. The van der Waals surface area contributed by atoms with Crippen LogP contribution < -0.4 is 0 Å². The molecule has 0 saturated heterocycles. The van der Waals surface area contributed by atoms with Gasteiger partial charge in [0.1, 0.15) is 0 Å². The molecule has 1 atom stereocenters. The highest BCUT2D eigenvalue weighted by Gasteiger charge is 2.13. The molecule has 0 aliphatic rings. The van der Waals surface area contributed by atoms with Crippen LogP contribution in [0.25, 0.3) is 0 Å². The van der Waals surface area contributed by atoms with E-state index in [2.05, 4.69) is 52.7 Å². The highest BCUT2D eigenvalue weighted by Crippen LogP contribution is 2.30. The second-order valence-electron chi connectivity index (χ2n) is 4.01. The first kappa shape index (κ1) is 12.8. The molecule has 1 nitrogen and oxygen atoms in total. The minimum Gasteiger partial charge on any atom is -0.265 e. The Bertz CT molecular complexity index is 499. The molecule has 1 heterocycles. The van der Waals surface area contributed by atoms with Gasteiger partial charge in [0.05, 0.1) is 5.38 Å². The summed E-state index contributed by atoms with van der Waals surface area (Å²) in [5, 5.41) is 0.0178. The standard InChI is InChI=1S/C14H13ClIN/c1-10-3-2-4-12(14(10)16)13(15)9-11-5-7-17-8-6-11/h2-8,13H,9H2,1H3. The van der Waals surface area contributed by atoms with Gasteiger partial charge in [0.25, 0.3) is 0 Å². The van der Waals surface area contributed by atoms with Gasteiger partial charge >= 0.3 is 0 Å². The Hall–Kier alpha value is -0.610. The van der Waals surface area contributed by atoms with Crippen molar-refractivity contribution in [3.05, 3.63) is 63.0 Å². The maximum atomic E-state index is 6.49. The third-order valence-electron chi connectivity index (χ3n) is 2.72. The van der Waals surface area contributed by atoms with E-state index in [9.17, 15) is 0 Å². The smallest absolute Gasteiger partial charge is 0.0636 e. The van der Waals surface area contributed by atoms with Crippen molar-refractivity contribution in [3.63, 3.8) is 0 Å². The fourth-order valence-corrected chi connectivity index (χ4v) is 3.03. The van der Waals surface area contributed by atoms with E-state index in [0.717, 1.165) is 6.42 Å². The van der Waals surface area contributed by atoms with E-state index in [4.69, 9.17) is 11.6 Å². The average molecular weight is 358 g/mol. The highest BCUT2D eigenvalue weighted by molar-refractivity contribution is 14.1. The van der Waals surface area contributed by atoms with Crippen molar-refractivity contribution in [2.45, 2.75) is 18.7 Å². The van der Waals surface area contributed by atoms with E-state index in [1.165, 1.54) is 20.3 Å². The van der Waals surface area contributed by atoms with Crippen LogP contribution in [0.15, 0.2) is 42.7 Å². The maximum Gasteiger partial charge on any atom is 0.0636 e. The molecule has 3 heteroatoms. The quantitative estimate of drug-likeness (QED) is 0.581. The van der Waals surface area contributed by atoms with Crippen LogP contribution in [0.3, 0.4) is 0 Å². The molecule has 0 spiro atoms. The molecule has 1 aromatic heterocycles. The predicted molar refractivity (Wildman–Crippen MR) is 80.4 cm³/mol. The van der Waals surface area contributed by atoms with E-state index in [-0.39, 0.29) is 5.38 Å². The first-order chi connectivity index (χ1) is 8.18. The van der Waals surface area contributed by atoms with Gasteiger partial charge in [-0.1, -0.05) is 18.2 Å². The van der Waals surface area contributed by atoms with Crippen LogP contribution in [0.5, 0.6) is 0 Å². The molecule has 88 valence electrons. The van der Waals surface area contributed by atoms with Crippen LogP contribution in [0, 0.1) is 10.5 Å². The molecule has 0 aliphatic carbocycles. The van der Waals surface area contributed by atoms with E-state index in [0.29, 0.717) is 0 Å². The van der Waals surface area contributed by atoms with Crippen LogP contribution in [-0.4, -0.2) is 4.98 Å². The summed E-state index contributed by atoms with van der Waals surface area (Å²) in [5.74, 6) is 0. The molecule has 0 fully saturated rings. The number of nitrogens with zero attached hydrogens (tertiary/aromatic N) is 1. The molecule has 0 saturated carbocycles. The molecular formula is C14H13ClIN. The molecule has 1 unspecified atom stereocenters. The largest absolute Gasteiger partial charge is 0.265 e. The molecule has 1 aromatic carbocycles. The van der Waals surface area contributed by atoms with Crippen LogP contribution in [0.4, 0.5) is 0 Å². The molecule has 0 bridgehead atoms. The number of halogens is 2. The Morgan fingerprint density at radius 1 is 1.24 bits per heavy atom. The summed E-state index contributed by atoms with van der Waals surface area (Å²) < 4.78 is 1.26. The number of aryl methyl sites for hydroxylation is 1. The molecular weight excluding hydrogens is 345 g/mol. The third kappa shape index (κ3) is 3.19. The first-order valence-electron chi connectivity index (χ1n) is 5.46. The van der Waals surface area contributed by atoms with Crippen molar-refractivity contribution in [1.82, 2.24) is 4.98 Å². The summed E-state index contributed by atoms with van der Waals surface area (Å²) in [7, 11) is 0. The Morgan fingerprint density at radius 2 is 1.94 bits per heavy atom. The lowest BCUT2D eigenvalue weighted by Crippen LogP contribution is -1.99. The normalized spacial score (nSPS) is 12.4. The molecule has 2 aromatic rings. The number of alkyl halides is 1. The number of hydrogen-bond donors (Lipinski definition) is 0. The van der Waals surface area contributed by atoms with Gasteiger partial charge in [0, 0.05) is 16.0 Å². The van der Waals surface area contributed by atoms with Crippen LogP contribution >= 0.6 is 34.2 Å². The molecule has 17 heavy (non-hydrogen) atoms. The lowest BCUT2D eigenvalue weighted by atomic mass is 10.0. The van der Waals surface area contributed by atoms with Crippen LogP contribution in [-0.2, 0) is 6.42 Å². The van der Waals surface area contributed by atoms with Crippen molar-refractivity contribution in [3.8, 4) is 0 Å². The van der Waals surface area contributed by atoms with Crippen molar-refractivity contribution < 1.29 is 0 Å². The van der Waals surface area contributed by atoms with Crippen LogP contribution in [0.1, 0.15) is 22.1 Å². The van der Waals surface area contributed by atoms with Gasteiger partial charge in [0.2, 0.25) is 0 Å². The van der Waals surface area contributed by atoms with Gasteiger partial charge in [0.15, 0.2) is 0 Å². The monoisotopic (exact) mass is 357 g/mol. The highest BCUT2D eigenvalue weighted by atomic mass is 127. The van der Waals surface area contributed by atoms with E-state index < -0.39 is 0 Å². The van der Waals surface area contributed by atoms with Crippen LogP contribution in [0.2, 0.25) is 0 Å². The maximum absolute atomic E-state index is 6.49. The second-order valence-corrected chi connectivity index (χ2v) is 5.61. The predicted octanol–water partition coefficient (Wildman–Crippen LogP) is 4.52. The van der Waals surface area contributed by atoms with Gasteiger partial charge < -0.3 is 0 Å². The van der Waals surface area contributed by atoms with Crippen molar-refractivity contribution >= 4 is 34.2 Å². The summed E-state index contributed by atoms with van der Waals surface area (Å²) >= 11 is 8.86. The van der Waals surface area contributed by atoms with E-state index in [1.54, 1.807) is 12.4 Å². The molecule has 0 radical (unpaired) electrons. The van der Waals surface area contributed by atoms with E-state index in [1.807, 2.05) is 12.1 Å². The fraction of sp³-hybridized carbons (Fsp3) is 0.214. The molecule has 0 N–H and O–H groups in total. The minimum absolute atomic E-state index is 0.0178. The zero-order chi connectivity index (χ0) is 12.3. The topological polar surface area (TPSA) is 12.9 Å². The Morgan fingerprint density at radius 3 is 2.65 bits per heavy atom. The Balaban J connectivity index is 2.20. The minimum atomic E-state index is 0.0178. The molecule has 2 rings (SSSR count). The fourth-order valence-electron chi connectivity index (χ4n) is 1.75. The van der Waals surface area contributed by atoms with Crippen molar-refractivity contribution in [2.75, 3.05) is 0 Å². The SMILES string of the molecule is Cc1cccc(C(Cl)Cc2ccncc2)c1I.